The molecule has 0 spiro atoms. The zero-order chi connectivity index (χ0) is 23.6. The summed E-state index contributed by atoms with van der Waals surface area (Å²) in [5.74, 6) is -1.40. The highest BCUT2D eigenvalue weighted by atomic mass is 19.1. The van der Waals surface area contributed by atoms with Crippen LogP contribution in [0.25, 0.3) is 0 Å². The molecule has 0 fully saturated rings. The Bertz CT molecular complexity index is 975. The molecule has 1 amide bonds. The molecule has 2 atom stereocenters. The average Bonchev–Trinajstić information content (AvgIpc) is 2.85. The molecule has 7 nitrogen and oxygen atoms in total. The number of benzene rings is 2. The third-order valence-electron chi connectivity index (χ3n) is 5.29. The number of unbranched alkanes of at least 4 members (excludes halogenated alkanes) is 1. The molecule has 1 aliphatic heterocycles. The van der Waals surface area contributed by atoms with Gasteiger partial charge in [0.05, 0.1) is 19.3 Å². The second-order valence-electron chi connectivity index (χ2n) is 7.61. The van der Waals surface area contributed by atoms with Crippen LogP contribution in [0, 0.1) is 5.82 Å². The molecule has 2 aromatic carbocycles. The summed E-state index contributed by atoms with van der Waals surface area (Å²) < 4.78 is 30.2. The molecule has 3 rings (SSSR count). The summed E-state index contributed by atoms with van der Waals surface area (Å²) in [7, 11) is 1.32. The van der Waals surface area contributed by atoms with E-state index in [1.54, 1.807) is 48.5 Å². The maximum absolute atomic E-state index is 13.9. The molecule has 0 aromatic heterocycles. The Hall–Kier alpha value is -3.23. The van der Waals surface area contributed by atoms with Crippen LogP contribution in [-0.4, -0.2) is 43.6 Å². The summed E-state index contributed by atoms with van der Waals surface area (Å²) in [6.07, 6.45) is 2.79. The van der Waals surface area contributed by atoms with E-state index in [1.807, 2.05) is 0 Å². The highest BCUT2D eigenvalue weighted by molar-refractivity contribution is 5.91. The van der Waals surface area contributed by atoms with Gasteiger partial charge in [0.25, 0.3) is 5.91 Å². The largest absolute Gasteiger partial charge is 0.465 e. The molecule has 2 N–H and O–H groups in total. The second-order valence-corrected chi connectivity index (χ2v) is 7.61. The van der Waals surface area contributed by atoms with Crippen molar-refractivity contribution in [2.75, 3.05) is 20.3 Å². The molecule has 0 aliphatic carbocycles. The number of hydrogen-bond acceptors (Lipinski definition) is 6. The number of amides is 1. The number of carbonyl (C=O) groups is 2. The lowest BCUT2D eigenvalue weighted by molar-refractivity contribution is -0.146. The van der Waals surface area contributed by atoms with Crippen LogP contribution < -0.4 is 5.32 Å². The van der Waals surface area contributed by atoms with E-state index < -0.39 is 24.0 Å². The minimum absolute atomic E-state index is 0.0206. The average molecular weight is 457 g/mol. The van der Waals surface area contributed by atoms with Crippen molar-refractivity contribution in [3.8, 4) is 0 Å². The van der Waals surface area contributed by atoms with Gasteiger partial charge >= 0.3 is 5.97 Å². The Labute approximate surface area is 192 Å². The standard InChI is InChI=1S/C25H28FNO6/c1-31-25(30)18-10-8-17(9-11-18)20-14-22(33-23(15-20)32-13-5-4-12-28)24(29)27-16-19-6-2-3-7-21(19)26/h2-3,6-11,14,20,23,28H,4-5,12-13,15-16H2,1H3,(H,27,29)/t20-,23+/m0/s1. The van der Waals surface area contributed by atoms with Gasteiger partial charge in [-0.05, 0) is 42.7 Å². The molecule has 2 aromatic rings. The van der Waals surface area contributed by atoms with Gasteiger partial charge < -0.3 is 24.6 Å². The Morgan fingerprint density at radius 2 is 1.91 bits per heavy atom. The third kappa shape index (κ3) is 6.87. The fourth-order valence-electron chi connectivity index (χ4n) is 3.47. The SMILES string of the molecule is COC(=O)c1ccc([C@H]2C=C(C(=O)NCc3ccccc3F)O[C@@H](OCCCCO)C2)cc1. The Balaban J connectivity index is 1.74. The first-order valence-electron chi connectivity index (χ1n) is 10.8. The van der Waals surface area contributed by atoms with Gasteiger partial charge in [0.2, 0.25) is 6.29 Å². The van der Waals surface area contributed by atoms with Crippen LogP contribution in [0.2, 0.25) is 0 Å². The van der Waals surface area contributed by atoms with Gasteiger partial charge in [0.15, 0.2) is 5.76 Å². The van der Waals surface area contributed by atoms with Crippen molar-refractivity contribution in [3.05, 3.63) is 82.9 Å². The predicted octanol–water partition coefficient (Wildman–Crippen LogP) is 3.43. The van der Waals surface area contributed by atoms with E-state index in [9.17, 15) is 14.0 Å². The minimum atomic E-state index is -0.659. The molecule has 0 saturated heterocycles. The van der Waals surface area contributed by atoms with E-state index in [1.165, 1.54) is 13.2 Å². The summed E-state index contributed by atoms with van der Waals surface area (Å²) in [6.45, 7) is 0.476. The first-order chi connectivity index (χ1) is 16.0. The summed E-state index contributed by atoms with van der Waals surface area (Å²) in [6, 6.07) is 13.2. The van der Waals surface area contributed by atoms with Gasteiger partial charge in [-0.15, -0.1) is 0 Å². The van der Waals surface area contributed by atoms with Crippen LogP contribution in [0.15, 0.2) is 60.4 Å². The van der Waals surface area contributed by atoms with E-state index >= 15 is 0 Å². The predicted molar refractivity (Wildman–Crippen MR) is 119 cm³/mol. The lowest BCUT2D eigenvalue weighted by Gasteiger charge is -2.29. The van der Waals surface area contributed by atoms with Gasteiger partial charge in [0, 0.05) is 31.1 Å². The van der Waals surface area contributed by atoms with E-state index in [0.717, 1.165) is 5.56 Å². The third-order valence-corrected chi connectivity index (χ3v) is 5.29. The molecule has 176 valence electrons. The summed E-state index contributed by atoms with van der Waals surface area (Å²) in [4.78, 5) is 24.5. The molecular weight excluding hydrogens is 429 g/mol. The summed E-state index contributed by atoms with van der Waals surface area (Å²) >= 11 is 0. The van der Waals surface area contributed by atoms with Gasteiger partial charge in [-0.2, -0.15) is 0 Å². The first kappa shape index (κ1) is 24.4. The number of esters is 1. The van der Waals surface area contributed by atoms with Crippen LogP contribution in [0.5, 0.6) is 0 Å². The molecule has 33 heavy (non-hydrogen) atoms. The smallest absolute Gasteiger partial charge is 0.337 e. The number of rotatable bonds is 10. The molecule has 0 radical (unpaired) electrons. The number of aliphatic hydroxyl groups is 1. The van der Waals surface area contributed by atoms with E-state index in [0.29, 0.717) is 37.0 Å². The highest BCUT2D eigenvalue weighted by Gasteiger charge is 2.29. The molecule has 0 unspecified atom stereocenters. The quantitative estimate of drug-likeness (QED) is 0.419. The van der Waals surface area contributed by atoms with E-state index in [4.69, 9.17) is 19.3 Å². The topological polar surface area (TPSA) is 94.1 Å². The molecule has 8 heteroatoms. The number of halogens is 1. The lowest BCUT2D eigenvalue weighted by Crippen LogP contribution is -2.33. The van der Waals surface area contributed by atoms with Crippen molar-refractivity contribution in [1.82, 2.24) is 5.32 Å². The summed E-state index contributed by atoms with van der Waals surface area (Å²) in [5, 5.41) is 11.6. The fourth-order valence-corrected chi connectivity index (χ4v) is 3.47. The summed E-state index contributed by atoms with van der Waals surface area (Å²) in [5.41, 5.74) is 1.68. The van der Waals surface area contributed by atoms with Crippen LogP contribution in [0.1, 0.15) is 46.7 Å². The van der Waals surface area contributed by atoms with Crippen molar-refractivity contribution >= 4 is 11.9 Å². The van der Waals surface area contributed by atoms with Crippen molar-refractivity contribution in [2.24, 2.45) is 0 Å². The number of ether oxygens (including phenoxy) is 3. The number of nitrogens with one attached hydrogen (secondary N) is 1. The zero-order valence-electron chi connectivity index (χ0n) is 18.5. The number of hydrogen-bond donors (Lipinski definition) is 2. The number of carbonyl (C=O) groups excluding carboxylic acids is 2. The van der Waals surface area contributed by atoms with Gasteiger partial charge in [-0.1, -0.05) is 30.3 Å². The van der Waals surface area contributed by atoms with Gasteiger partial charge in [-0.3, -0.25) is 4.79 Å². The number of methoxy groups -OCH3 is 1. The fraction of sp³-hybridized carbons (Fsp3) is 0.360. The van der Waals surface area contributed by atoms with Crippen molar-refractivity contribution in [2.45, 2.75) is 38.0 Å². The van der Waals surface area contributed by atoms with E-state index in [2.05, 4.69) is 5.32 Å². The Morgan fingerprint density at radius 3 is 2.61 bits per heavy atom. The second kappa shape index (κ2) is 12.1. The monoisotopic (exact) mass is 457 g/mol. The van der Waals surface area contributed by atoms with Crippen molar-refractivity contribution in [3.63, 3.8) is 0 Å². The molecule has 1 aliphatic rings. The van der Waals surface area contributed by atoms with E-state index in [-0.39, 0.29) is 24.8 Å². The molecule has 1 heterocycles. The molecular formula is C25H28FNO6. The lowest BCUT2D eigenvalue weighted by atomic mass is 9.92. The number of allylic oxidation sites excluding steroid dienone is 1. The van der Waals surface area contributed by atoms with Crippen molar-refractivity contribution in [1.29, 1.82) is 0 Å². The first-order valence-corrected chi connectivity index (χ1v) is 10.8. The molecule has 0 bridgehead atoms. The van der Waals surface area contributed by atoms with Gasteiger partial charge in [-0.25, -0.2) is 9.18 Å². The maximum Gasteiger partial charge on any atom is 0.337 e. The number of aliphatic hydroxyl groups excluding tert-OH is 1. The molecule has 0 saturated carbocycles. The normalized spacial score (nSPS) is 17.6. The van der Waals surface area contributed by atoms with Crippen LogP contribution in [0.3, 0.4) is 0 Å². The maximum atomic E-state index is 13.9. The van der Waals surface area contributed by atoms with Crippen molar-refractivity contribution < 1.29 is 33.3 Å². The minimum Gasteiger partial charge on any atom is -0.465 e. The van der Waals surface area contributed by atoms with Crippen LogP contribution in [-0.2, 0) is 25.5 Å². The highest BCUT2D eigenvalue weighted by Crippen LogP contribution is 2.32. The van der Waals surface area contributed by atoms with Gasteiger partial charge in [0.1, 0.15) is 5.82 Å². The van der Waals surface area contributed by atoms with Crippen LogP contribution >= 0.6 is 0 Å². The Kier molecular flexibility index (Phi) is 8.97. The zero-order valence-corrected chi connectivity index (χ0v) is 18.5. The van der Waals surface area contributed by atoms with Crippen LogP contribution in [0.4, 0.5) is 4.39 Å². The Morgan fingerprint density at radius 1 is 1.15 bits per heavy atom.